The summed E-state index contributed by atoms with van der Waals surface area (Å²) in [5.41, 5.74) is 0.351. The van der Waals surface area contributed by atoms with Gasteiger partial charge in [-0.15, -0.1) is 0 Å². The van der Waals surface area contributed by atoms with E-state index in [9.17, 15) is 14.9 Å². The van der Waals surface area contributed by atoms with Crippen LogP contribution >= 0.6 is 0 Å². The van der Waals surface area contributed by atoms with Crippen LogP contribution in [0.3, 0.4) is 0 Å². The second-order valence-corrected chi connectivity index (χ2v) is 12.3. The molecule has 2 saturated heterocycles. The van der Waals surface area contributed by atoms with Crippen LogP contribution < -0.4 is 10.8 Å². The number of fused-ring (bicyclic) bond motifs is 2. The number of carbonyl (C=O) groups is 2. The lowest BCUT2D eigenvalue weighted by molar-refractivity contribution is -0.128. The summed E-state index contributed by atoms with van der Waals surface area (Å²) in [5, 5.41) is 12.7. The Morgan fingerprint density at radius 3 is 2.33 bits per heavy atom. The van der Waals surface area contributed by atoms with Gasteiger partial charge in [-0.05, 0) is 84.7 Å². The maximum absolute atomic E-state index is 13.3. The largest absolute Gasteiger partial charge is 0.494 e. The molecule has 4 atom stereocenters. The van der Waals surface area contributed by atoms with Gasteiger partial charge in [0.25, 0.3) is 0 Å². The van der Waals surface area contributed by atoms with Gasteiger partial charge < -0.3 is 19.4 Å². The first-order chi connectivity index (χ1) is 16.7. The highest BCUT2D eigenvalue weighted by atomic mass is 16.7. The highest BCUT2D eigenvalue weighted by molar-refractivity contribution is 6.62. The smallest absolute Gasteiger partial charge is 0.444 e. The van der Waals surface area contributed by atoms with E-state index in [4.69, 9.17) is 14.0 Å². The predicted octanol–water partition coefficient (Wildman–Crippen LogP) is 3.32. The SMILES string of the molecule is CC(C)(C)OC(=O)N1[C@@H]2CC[C@@H](C2)[C@H]1C(=O)N[C@H](C#N)Cc1ccc(B2OC(C)(C)C(C)(C)O2)cc1. The van der Waals surface area contributed by atoms with Crippen LogP contribution in [0.4, 0.5) is 4.79 Å². The van der Waals surface area contributed by atoms with Crippen molar-refractivity contribution in [2.45, 2.75) is 109 Å². The fourth-order valence-electron chi connectivity index (χ4n) is 5.31. The number of nitrogens with zero attached hydrogens (tertiary/aromatic N) is 2. The molecule has 3 fully saturated rings. The fraction of sp³-hybridized carbons (Fsp3) is 0.667. The van der Waals surface area contributed by atoms with E-state index in [0.717, 1.165) is 30.3 Å². The van der Waals surface area contributed by atoms with Crippen LogP contribution in [0.25, 0.3) is 0 Å². The Morgan fingerprint density at radius 1 is 1.17 bits per heavy atom. The summed E-state index contributed by atoms with van der Waals surface area (Å²) < 4.78 is 17.8. The molecule has 36 heavy (non-hydrogen) atoms. The summed E-state index contributed by atoms with van der Waals surface area (Å²) in [7, 11) is -0.452. The first kappa shape index (κ1) is 26.5. The van der Waals surface area contributed by atoms with Crippen LogP contribution in [-0.4, -0.2) is 58.9 Å². The molecule has 0 radical (unpaired) electrons. The zero-order chi connectivity index (χ0) is 26.5. The van der Waals surface area contributed by atoms with Gasteiger partial charge in [-0.3, -0.25) is 9.69 Å². The average molecular weight is 495 g/mol. The number of carbonyl (C=O) groups excluding carboxylic acids is 2. The van der Waals surface area contributed by atoms with Crippen molar-refractivity contribution in [3.05, 3.63) is 29.8 Å². The molecule has 1 N–H and O–H groups in total. The Bertz CT molecular complexity index is 1030. The van der Waals surface area contributed by atoms with Crippen molar-refractivity contribution in [2.75, 3.05) is 0 Å². The Kier molecular flexibility index (Phi) is 6.91. The molecule has 2 bridgehead atoms. The van der Waals surface area contributed by atoms with Crippen LogP contribution in [0, 0.1) is 17.2 Å². The summed E-state index contributed by atoms with van der Waals surface area (Å²) >= 11 is 0. The molecule has 3 aliphatic rings. The van der Waals surface area contributed by atoms with Crippen LogP contribution in [0.1, 0.15) is 73.3 Å². The number of ether oxygens (including phenoxy) is 1. The van der Waals surface area contributed by atoms with Gasteiger partial charge in [-0.1, -0.05) is 24.3 Å². The van der Waals surface area contributed by atoms with Crippen molar-refractivity contribution in [1.29, 1.82) is 5.26 Å². The monoisotopic (exact) mass is 495 g/mol. The second kappa shape index (κ2) is 9.39. The molecule has 2 heterocycles. The van der Waals surface area contributed by atoms with E-state index in [-0.39, 0.29) is 17.9 Å². The Morgan fingerprint density at radius 2 is 1.78 bits per heavy atom. The topological polar surface area (TPSA) is 101 Å². The zero-order valence-electron chi connectivity index (χ0n) is 22.5. The summed E-state index contributed by atoms with van der Waals surface area (Å²) in [5.74, 6) is -0.186. The van der Waals surface area contributed by atoms with E-state index in [2.05, 4.69) is 11.4 Å². The minimum absolute atomic E-state index is 0.0173. The first-order valence-corrected chi connectivity index (χ1v) is 12.9. The third kappa shape index (κ3) is 5.26. The van der Waals surface area contributed by atoms with E-state index in [1.54, 1.807) is 4.90 Å². The maximum atomic E-state index is 13.3. The number of hydrogen-bond acceptors (Lipinski definition) is 6. The number of likely N-dealkylation sites (tertiary alicyclic amines) is 1. The Hall–Kier alpha value is -2.57. The minimum atomic E-state index is -0.709. The van der Waals surface area contributed by atoms with Crippen molar-refractivity contribution in [3.8, 4) is 6.07 Å². The lowest BCUT2D eigenvalue weighted by Gasteiger charge is -2.35. The van der Waals surface area contributed by atoms with Gasteiger partial charge in [0.05, 0.1) is 17.3 Å². The highest BCUT2D eigenvalue weighted by Gasteiger charge is 2.53. The molecule has 2 amide bonds. The number of amides is 2. The molecule has 2 aliphatic heterocycles. The number of hydrogen-bond donors (Lipinski definition) is 1. The zero-order valence-corrected chi connectivity index (χ0v) is 22.5. The molecule has 194 valence electrons. The molecule has 0 aromatic heterocycles. The fourth-order valence-corrected chi connectivity index (χ4v) is 5.31. The van der Waals surface area contributed by atoms with Gasteiger partial charge in [0.1, 0.15) is 17.7 Å². The summed E-state index contributed by atoms with van der Waals surface area (Å²) in [6.45, 7) is 13.5. The maximum Gasteiger partial charge on any atom is 0.494 e. The van der Waals surface area contributed by atoms with Gasteiger partial charge in [-0.2, -0.15) is 5.26 Å². The third-order valence-electron chi connectivity index (χ3n) is 7.88. The molecule has 0 spiro atoms. The number of nitriles is 1. The molecule has 4 rings (SSSR count). The lowest BCUT2D eigenvalue weighted by atomic mass is 9.78. The number of piperidine rings is 1. The van der Waals surface area contributed by atoms with Gasteiger partial charge in [0, 0.05) is 12.5 Å². The van der Waals surface area contributed by atoms with Gasteiger partial charge >= 0.3 is 13.2 Å². The standard InChI is InChI=1S/C27H38BN3O5/c1-25(2,3)34-24(33)31-21-13-10-18(15-21)22(31)23(32)30-20(16-29)14-17-8-11-19(12-9-17)28-35-26(4,5)27(6,7)36-28/h8-9,11-12,18,20-22H,10,13-15H2,1-7H3,(H,30,32)/t18-,20-,21+,22-/m0/s1. The molecule has 1 aromatic carbocycles. The van der Waals surface area contributed by atoms with Crippen LogP contribution in [0.15, 0.2) is 24.3 Å². The van der Waals surface area contributed by atoms with Crippen molar-refractivity contribution in [2.24, 2.45) is 5.92 Å². The van der Waals surface area contributed by atoms with E-state index in [1.807, 2.05) is 72.7 Å². The van der Waals surface area contributed by atoms with Crippen LogP contribution in [0.5, 0.6) is 0 Å². The minimum Gasteiger partial charge on any atom is -0.444 e. The van der Waals surface area contributed by atoms with Crippen molar-refractivity contribution in [1.82, 2.24) is 10.2 Å². The Balaban J connectivity index is 1.39. The molecular formula is C27H38BN3O5. The second-order valence-electron chi connectivity index (χ2n) is 12.3. The van der Waals surface area contributed by atoms with E-state index >= 15 is 0 Å². The molecule has 0 unspecified atom stereocenters. The van der Waals surface area contributed by atoms with E-state index < -0.39 is 42.1 Å². The molecule has 9 heteroatoms. The van der Waals surface area contributed by atoms with Crippen LogP contribution in [-0.2, 0) is 25.3 Å². The predicted molar refractivity (Wildman–Crippen MR) is 136 cm³/mol. The van der Waals surface area contributed by atoms with E-state index in [0.29, 0.717) is 6.42 Å². The third-order valence-corrected chi connectivity index (χ3v) is 7.88. The van der Waals surface area contributed by atoms with Crippen molar-refractivity contribution < 1.29 is 23.6 Å². The average Bonchev–Trinajstić information content (AvgIpc) is 3.44. The first-order valence-electron chi connectivity index (χ1n) is 12.9. The van der Waals surface area contributed by atoms with E-state index in [1.165, 1.54) is 0 Å². The summed E-state index contributed by atoms with van der Waals surface area (Å²) in [6.07, 6.45) is 2.49. The molecule has 1 aliphatic carbocycles. The highest BCUT2D eigenvalue weighted by Crippen LogP contribution is 2.43. The molecule has 8 nitrogen and oxygen atoms in total. The normalized spacial score (nSPS) is 27.0. The quantitative estimate of drug-likeness (QED) is 0.629. The number of nitrogens with one attached hydrogen (secondary N) is 1. The summed E-state index contributed by atoms with van der Waals surface area (Å²) in [6, 6.07) is 8.66. The molecule has 1 aromatic rings. The van der Waals surface area contributed by atoms with Crippen LogP contribution in [0.2, 0.25) is 0 Å². The summed E-state index contributed by atoms with van der Waals surface area (Å²) in [4.78, 5) is 27.8. The molecule has 1 saturated carbocycles. The Labute approximate surface area is 214 Å². The van der Waals surface area contributed by atoms with Crippen molar-refractivity contribution in [3.63, 3.8) is 0 Å². The molecular weight excluding hydrogens is 457 g/mol. The lowest BCUT2D eigenvalue weighted by Crippen LogP contribution is -2.55. The van der Waals surface area contributed by atoms with Crippen molar-refractivity contribution >= 4 is 24.6 Å². The number of rotatable bonds is 5. The van der Waals surface area contributed by atoms with Gasteiger partial charge in [0.2, 0.25) is 5.91 Å². The van der Waals surface area contributed by atoms with Gasteiger partial charge in [0.15, 0.2) is 0 Å². The van der Waals surface area contributed by atoms with Gasteiger partial charge in [-0.25, -0.2) is 4.79 Å². The number of benzene rings is 1.